The van der Waals surface area contributed by atoms with Crippen LogP contribution in [0.4, 0.5) is 0 Å². The molecule has 0 bridgehead atoms. The van der Waals surface area contributed by atoms with Gasteiger partial charge in [-0.2, -0.15) is 0 Å². The molecule has 0 aromatic heterocycles. The second kappa shape index (κ2) is 7.62. The molecule has 0 spiro atoms. The SMILES string of the molecule is [Li][CH2]CCOC(C)OCC. The Balaban J connectivity index is 2.97. The Labute approximate surface area is 72.5 Å². The summed E-state index contributed by atoms with van der Waals surface area (Å²) in [7, 11) is 0. The second-order valence-electron chi connectivity index (χ2n) is 2.25. The normalized spacial score (nSPS) is 13.6. The molecule has 2 nitrogen and oxygen atoms in total. The topological polar surface area (TPSA) is 18.5 Å². The molecular formula is C7H15LiO2. The van der Waals surface area contributed by atoms with E-state index in [1.54, 1.807) is 0 Å². The third-order valence-electron chi connectivity index (χ3n) is 1.25. The van der Waals surface area contributed by atoms with Crippen LogP contribution in [0, 0.1) is 0 Å². The van der Waals surface area contributed by atoms with Crippen LogP contribution in [0.15, 0.2) is 0 Å². The Morgan fingerprint density at radius 2 is 2.10 bits per heavy atom. The Kier molecular flexibility index (Phi) is 8.02. The van der Waals surface area contributed by atoms with Crippen molar-refractivity contribution in [2.24, 2.45) is 0 Å². The summed E-state index contributed by atoms with van der Waals surface area (Å²) in [5, 5.41) is 1.18. The predicted molar refractivity (Wildman–Crippen MR) is 42.2 cm³/mol. The van der Waals surface area contributed by atoms with Crippen LogP contribution in [-0.2, 0) is 9.47 Å². The summed E-state index contributed by atoms with van der Waals surface area (Å²) < 4.78 is 10.5. The summed E-state index contributed by atoms with van der Waals surface area (Å²) in [5.41, 5.74) is 0. The van der Waals surface area contributed by atoms with Gasteiger partial charge in [0.25, 0.3) is 0 Å². The number of ether oxygens (including phenoxy) is 2. The van der Waals surface area contributed by atoms with Gasteiger partial charge in [0.2, 0.25) is 0 Å². The molecule has 0 heterocycles. The maximum absolute atomic E-state index is 5.30. The Bertz CT molecular complexity index is 68.6. The summed E-state index contributed by atoms with van der Waals surface area (Å²) in [6.45, 7) is 5.45. The van der Waals surface area contributed by atoms with Crippen LogP contribution in [-0.4, -0.2) is 37.2 Å². The number of rotatable bonds is 6. The third kappa shape index (κ3) is 6.63. The Hall–Kier alpha value is 0.517. The van der Waals surface area contributed by atoms with Crippen molar-refractivity contribution in [2.75, 3.05) is 13.2 Å². The van der Waals surface area contributed by atoms with Gasteiger partial charge in [-0.3, -0.25) is 0 Å². The first kappa shape index (κ1) is 10.5. The van der Waals surface area contributed by atoms with Crippen molar-refractivity contribution in [3.8, 4) is 0 Å². The molecule has 0 N–H and O–H groups in total. The average Bonchev–Trinajstić information content (AvgIpc) is 1.89. The van der Waals surface area contributed by atoms with Gasteiger partial charge in [-0.15, -0.1) is 0 Å². The number of hydrogen-bond acceptors (Lipinski definition) is 2. The van der Waals surface area contributed by atoms with Gasteiger partial charge in [-0.1, -0.05) is 0 Å². The van der Waals surface area contributed by atoms with E-state index in [1.165, 1.54) is 5.09 Å². The zero-order valence-corrected chi connectivity index (χ0v) is 7.22. The fraction of sp³-hybridized carbons (Fsp3) is 1.00. The molecular weight excluding hydrogens is 123 g/mol. The van der Waals surface area contributed by atoms with Crippen molar-refractivity contribution < 1.29 is 9.47 Å². The monoisotopic (exact) mass is 138 g/mol. The van der Waals surface area contributed by atoms with E-state index in [0.29, 0.717) is 0 Å². The minimum atomic E-state index is -0.0310. The standard InChI is InChI=1S/C7H15O2.Li/c1-4-6-9-7(3)8-5-2;/h7H,1,4-6H2,2-3H3;. The summed E-state index contributed by atoms with van der Waals surface area (Å²) in [6.07, 6.45) is 1.09. The van der Waals surface area contributed by atoms with Gasteiger partial charge in [0, 0.05) is 0 Å². The molecule has 1 atom stereocenters. The van der Waals surface area contributed by atoms with Gasteiger partial charge in [0.15, 0.2) is 0 Å². The number of hydrogen-bond donors (Lipinski definition) is 0. The van der Waals surface area contributed by atoms with Gasteiger partial charge in [0.1, 0.15) is 0 Å². The van der Waals surface area contributed by atoms with Crippen molar-refractivity contribution >= 4 is 17.7 Å². The van der Waals surface area contributed by atoms with Crippen LogP contribution in [0.1, 0.15) is 20.3 Å². The fourth-order valence-corrected chi connectivity index (χ4v) is 0.676. The first-order valence-corrected chi connectivity index (χ1v) is 4.04. The molecule has 0 aromatic rings. The second-order valence-corrected chi connectivity index (χ2v) is 2.25. The van der Waals surface area contributed by atoms with Crippen molar-refractivity contribution in [1.82, 2.24) is 0 Å². The third-order valence-corrected chi connectivity index (χ3v) is 1.25. The minimum absolute atomic E-state index is 0.0310. The van der Waals surface area contributed by atoms with E-state index in [9.17, 15) is 0 Å². The van der Waals surface area contributed by atoms with E-state index in [4.69, 9.17) is 9.47 Å². The van der Waals surface area contributed by atoms with E-state index in [1.807, 2.05) is 13.8 Å². The summed E-state index contributed by atoms with van der Waals surface area (Å²) in [4.78, 5) is 0. The molecule has 10 heavy (non-hydrogen) atoms. The first-order chi connectivity index (χ1) is 4.81. The molecule has 0 fully saturated rings. The molecule has 0 rings (SSSR count). The Morgan fingerprint density at radius 1 is 1.40 bits per heavy atom. The molecule has 0 saturated carbocycles. The van der Waals surface area contributed by atoms with Crippen LogP contribution >= 0.6 is 0 Å². The zero-order valence-electron chi connectivity index (χ0n) is 7.22. The van der Waals surface area contributed by atoms with Crippen LogP contribution in [0.3, 0.4) is 0 Å². The van der Waals surface area contributed by atoms with Crippen molar-refractivity contribution in [3.63, 3.8) is 0 Å². The van der Waals surface area contributed by atoms with E-state index in [0.717, 1.165) is 19.6 Å². The summed E-state index contributed by atoms with van der Waals surface area (Å²) in [6, 6.07) is 0. The molecule has 3 heteroatoms. The first-order valence-electron chi connectivity index (χ1n) is 4.04. The Morgan fingerprint density at radius 3 is 2.60 bits per heavy atom. The van der Waals surface area contributed by atoms with Gasteiger partial charge in [0.05, 0.1) is 0 Å². The fourth-order valence-electron chi connectivity index (χ4n) is 0.676. The molecule has 56 valence electrons. The molecule has 0 aliphatic carbocycles. The van der Waals surface area contributed by atoms with Gasteiger partial charge in [-0.05, 0) is 0 Å². The molecule has 0 aliphatic rings. The van der Waals surface area contributed by atoms with Crippen LogP contribution in [0.2, 0.25) is 5.09 Å². The zero-order chi connectivity index (χ0) is 7.82. The quantitative estimate of drug-likeness (QED) is 0.313. The average molecular weight is 138 g/mol. The van der Waals surface area contributed by atoms with Crippen molar-refractivity contribution in [1.29, 1.82) is 0 Å². The van der Waals surface area contributed by atoms with Crippen LogP contribution in [0.5, 0.6) is 0 Å². The van der Waals surface area contributed by atoms with Crippen LogP contribution in [0.25, 0.3) is 0 Å². The predicted octanol–water partition coefficient (Wildman–Crippen LogP) is 1.36. The maximum atomic E-state index is 5.30. The van der Waals surface area contributed by atoms with E-state index in [-0.39, 0.29) is 6.29 Å². The van der Waals surface area contributed by atoms with Gasteiger partial charge >= 0.3 is 72.1 Å². The molecule has 0 aliphatic heterocycles. The van der Waals surface area contributed by atoms with Gasteiger partial charge in [-0.25, -0.2) is 0 Å². The summed E-state index contributed by atoms with van der Waals surface area (Å²) in [5.74, 6) is 0. The van der Waals surface area contributed by atoms with Gasteiger partial charge < -0.3 is 0 Å². The van der Waals surface area contributed by atoms with Crippen molar-refractivity contribution in [3.05, 3.63) is 0 Å². The van der Waals surface area contributed by atoms with E-state index >= 15 is 0 Å². The molecule has 0 saturated heterocycles. The van der Waals surface area contributed by atoms with E-state index in [2.05, 4.69) is 17.7 Å². The molecule has 0 radical (unpaired) electrons. The molecule has 0 amide bonds. The molecule has 1 unspecified atom stereocenters. The van der Waals surface area contributed by atoms with Crippen LogP contribution < -0.4 is 0 Å². The molecule has 0 aromatic carbocycles. The van der Waals surface area contributed by atoms with Crippen molar-refractivity contribution in [2.45, 2.75) is 31.7 Å². The summed E-state index contributed by atoms with van der Waals surface area (Å²) >= 11 is 2.15. The van der Waals surface area contributed by atoms with E-state index < -0.39 is 0 Å².